The second-order valence-corrected chi connectivity index (χ2v) is 23.3. The maximum atomic E-state index is 2.72. The first-order chi connectivity index (χ1) is 37.0. The summed E-state index contributed by atoms with van der Waals surface area (Å²) in [6.07, 6.45) is 1.63. The van der Waals surface area contributed by atoms with E-state index in [-0.39, 0.29) is 17.7 Å². The summed E-state index contributed by atoms with van der Waals surface area (Å²) in [5, 5.41) is 7.82. The Balaban J connectivity index is 1.18. The fraction of sp³-hybridized carbons (Fsp3) is 0.139. The first-order valence-corrected chi connectivity index (χ1v) is 27.1. The van der Waals surface area contributed by atoms with Crippen LogP contribution in [-0.4, -0.2) is 11.3 Å². The van der Waals surface area contributed by atoms with Gasteiger partial charge in [-0.25, -0.2) is 0 Å². The van der Waals surface area contributed by atoms with Gasteiger partial charge in [-0.15, -0.1) is 0 Å². The Kier molecular flexibility index (Phi) is 10.6. The van der Waals surface area contributed by atoms with Crippen molar-refractivity contribution in [3.8, 4) is 11.1 Å². The van der Waals surface area contributed by atoms with Crippen LogP contribution in [0.25, 0.3) is 54.5 Å². The number of fused-ring (bicyclic) bond motifs is 9. The van der Waals surface area contributed by atoms with Crippen LogP contribution in [0.3, 0.4) is 0 Å². The summed E-state index contributed by atoms with van der Waals surface area (Å²) in [7, 11) is 0. The molecule has 1 aromatic heterocycles. The van der Waals surface area contributed by atoms with Crippen molar-refractivity contribution in [2.45, 2.75) is 65.2 Å². The van der Waals surface area contributed by atoms with E-state index in [9.17, 15) is 0 Å². The van der Waals surface area contributed by atoms with Gasteiger partial charge in [-0.05, 0) is 156 Å². The molecule has 3 nitrogen and oxygen atoms in total. The quantitative estimate of drug-likeness (QED) is 0.111. The lowest BCUT2D eigenvalue weighted by atomic mass is 9.45. The highest BCUT2D eigenvalue weighted by molar-refractivity contribution is 6.90. The van der Waals surface area contributed by atoms with Crippen LogP contribution in [0, 0.1) is 0 Å². The second-order valence-electron chi connectivity index (χ2n) is 23.3. The van der Waals surface area contributed by atoms with Gasteiger partial charge >= 0.3 is 6.85 Å². The van der Waals surface area contributed by atoms with Crippen LogP contribution >= 0.6 is 0 Å². The molecule has 0 saturated heterocycles. The first kappa shape index (κ1) is 46.0. The van der Waals surface area contributed by atoms with E-state index in [1.54, 1.807) is 0 Å². The van der Waals surface area contributed by atoms with Crippen molar-refractivity contribution in [2.75, 3.05) is 9.80 Å². The highest BCUT2D eigenvalue weighted by atomic mass is 15.2. The minimum Gasteiger partial charge on any atom is -0.375 e. The molecule has 0 fully saturated rings. The Hall–Kier alpha value is -8.60. The number of aromatic nitrogens is 1. The Labute approximate surface area is 447 Å². The van der Waals surface area contributed by atoms with E-state index in [0.717, 1.165) is 29.9 Å². The van der Waals surface area contributed by atoms with Crippen molar-refractivity contribution in [3.05, 3.63) is 264 Å². The zero-order chi connectivity index (χ0) is 51.5. The summed E-state index contributed by atoms with van der Waals surface area (Å²) in [4.78, 5) is 5.14. The molecule has 2 aliphatic heterocycles. The van der Waals surface area contributed by atoms with E-state index in [1.165, 1.54) is 116 Å². The molecular formula is C72H60BN3. The van der Waals surface area contributed by atoms with Crippen molar-refractivity contribution in [1.82, 2.24) is 4.48 Å². The molecule has 12 aromatic rings. The number of anilines is 6. The molecule has 3 heterocycles. The SMILES string of the molecule is CC(C)(C)c1cc(N2c3cc4c(Cc5ccccc5)c5ccccc5c(Cc5ccccc5)c4cc3B3c4c(cc(N(c5ccccc5)c5ccccc5)cc42)-c2cccc4c5ccccc5n3c24)cc(C(C)(C)C)c1. The molecular weight excluding hydrogens is 918 g/mol. The molecule has 4 heteroatoms. The smallest absolute Gasteiger partial charge is 0.333 e. The molecule has 0 bridgehead atoms. The van der Waals surface area contributed by atoms with Gasteiger partial charge in [-0.1, -0.05) is 211 Å². The molecule has 11 aromatic carbocycles. The van der Waals surface area contributed by atoms with Gasteiger partial charge in [0, 0.05) is 61.5 Å². The van der Waals surface area contributed by atoms with Crippen LogP contribution in [-0.2, 0) is 23.7 Å². The minimum atomic E-state index is -0.143. The maximum Gasteiger partial charge on any atom is 0.333 e. The third-order valence-corrected chi connectivity index (χ3v) is 16.5. The van der Waals surface area contributed by atoms with Crippen molar-refractivity contribution in [3.63, 3.8) is 0 Å². The van der Waals surface area contributed by atoms with E-state index in [4.69, 9.17) is 0 Å². The molecule has 0 saturated carbocycles. The highest BCUT2D eigenvalue weighted by Crippen LogP contribution is 2.51. The summed E-state index contributed by atoms with van der Waals surface area (Å²) >= 11 is 0. The standard InChI is InChI=1S/C72H60BN3/c1-71(2,3)49-40-50(72(4,5)6)42-53(41-49)75-67-46-63-61(39-48-26-13-8-14-27-48)56-33-20-19-32-55(56)60(38-47-24-11-7-12-25-47)62(63)45-65(67)73-69-64(59-36-23-35-58-57-34-21-22-37-66(57)76(73)70(58)59)43-54(44-68(69)75)74(51-28-15-9-16-29-51)52-30-17-10-18-31-52/h7-37,40-46H,38-39H2,1-6H3. The fourth-order valence-electron chi connectivity index (χ4n) is 12.8. The van der Waals surface area contributed by atoms with Gasteiger partial charge in [-0.3, -0.25) is 0 Å². The molecule has 2 aliphatic rings. The predicted octanol–water partition coefficient (Wildman–Crippen LogP) is 17.8. The van der Waals surface area contributed by atoms with E-state index >= 15 is 0 Å². The first-order valence-electron chi connectivity index (χ1n) is 27.1. The number of benzene rings is 11. The molecule has 14 rings (SSSR count). The van der Waals surface area contributed by atoms with Gasteiger partial charge in [0.25, 0.3) is 0 Å². The number of rotatable bonds is 8. The maximum absolute atomic E-state index is 2.72. The topological polar surface area (TPSA) is 11.4 Å². The molecule has 0 N–H and O–H groups in total. The molecule has 366 valence electrons. The molecule has 0 amide bonds. The van der Waals surface area contributed by atoms with Crippen molar-refractivity contribution < 1.29 is 0 Å². The van der Waals surface area contributed by atoms with Gasteiger partial charge in [0.15, 0.2) is 0 Å². The summed E-state index contributed by atoms with van der Waals surface area (Å²) in [5.74, 6) is 0. The number of nitrogens with zero attached hydrogens (tertiary/aromatic N) is 3. The molecule has 0 aliphatic carbocycles. The largest absolute Gasteiger partial charge is 0.375 e. The zero-order valence-corrected chi connectivity index (χ0v) is 44.3. The van der Waals surface area contributed by atoms with Crippen LogP contribution in [0.15, 0.2) is 231 Å². The third kappa shape index (κ3) is 7.41. The Morgan fingerprint density at radius 1 is 0.395 bits per heavy atom. The highest BCUT2D eigenvalue weighted by Gasteiger charge is 2.44. The fourth-order valence-corrected chi connectivity index (χ4v) is 12.8. The van der Waals surface area contributed by atoms with Crippen LogP contribution in [0.5, 0.6) is 0 Å². The summed E-state index contributed by atoms with van der Waals surface area (Å²) < 4.78 is 2.72. The van der Waals surface area contributed by atoms with E-state index in [2.05, 4.69) is 286 Å². The lowest BCUT2D eigenvalue weighted by Gasteiger charge is -2.42. The van der Waals surface area contributed by atoms with Crippen LogP contribution in [0.2, 0.25) is 0 Å². The van der Waals surface area contributed by atoms with E-state index < -0.39 is 0 Å². The average Bonchev–Trinajstić information content (AvgIpc) is 3.99. The van der Waals surface area contributed by atoms with E-state index in [0.29, 0.717) is 0 Å². The Morgan fingerprint density at radius 3 is 1.46 bits per heavy atom. The van der Waals surface area contributed by atoms with Gasteiger partial charge in [0.2, 0.25) is 0 Å². The summed E-state index contributed by atoms with van der Waals surface area (Å²) in [6.45, 7) is 14.0. The minimum absolute atomic E-state index is 0.109. The summed E-state index contributed by atoms with van der Waals surface area (Å²) in [6, 6.07) is 87.1. The van der Waals surface area contributed by atoms with Gasteiger partial charge in [0.1, 0.15) is 0 Å². The van der Waals surface area contributed by atoms with Crippen molar-refractivity contribution in [1.29, 1.82) is 0 Å². The van der Waals surface area contributed by atoms with Crippen LogP contribution < -0.4 is 20.7 Å². The lowest BCUT2D eigenvalue weighted by Crippen LogP contribution is -2.56. The molecule has 76 heavy (non-hydrogen) atoms. The number of para-hydroxylation sites is 4. The summed E-state index contributed by atoms with van der Waals surface area (Å²) in [5.41, 5.74) is 22.4. The molecule has 0 atom stereocenters. The second kappa shape index (κ2) is 17.5. The van der Waals surface area contributed by atoms with Gasteiger partial charge < -0.3 is 14.3 Å². The van der Waals surface area contributed by atoms with Crippen molar-refractivity contribution >= 4 is 95.2 Å². The zero-order valence-electron chi connectivity index (χ0n) is 44.3. The number of hydrogen-bond acceptors (Lipinski definition) is 2. The normalized spacial score (nSPS) is 12.9. The molecule has 0 unspecified atom stereocenters. The Bertz CT molecular complexity index is 4170. The van der Waals surface area contributed by atoms with Crippen molar-refractivity contribution in [2.24, 2.45) is 0 Å². The van der Waals surface area contributed by atoms with Gasteiger partial charge in [0.05, 0.1) is 0 Å². The van der Waals surface area contributed by atoms with Crippen LogP contribution in [0.4, 0.5) is 34.1 Å². The lowest BCUT2D eigenvalue weighted by molar-refractivity contribution is 0.569. The molecule has 0 radical (unpaired) electrons. The van der Waals surface area contributed by atoms with Crippen LogP contribution in [0.1, 0.15) is 74.9 Å². The molecule has 0 spiro atoms. The van der Waals surface area contributed by atoms with E-state index in [1.807, 2.05) is 0 Å². The number of hydrogen-bond donors (Lipinski definition) is 0. The van der Waals surface area contributed by atoms with Gasteiger partial charge in [-0.2, -0.15) is 0 Å². The Morgan fingerprint density at radius 2 is 0.895 bits per heavy atom. The average molecular weight is 978 g/mol. The monoisotopic (exact) mass is 977 g/mol. The third-order valence-electron chi connectivity index (χ3n) is 16.5. The predicted molar refractivity (Wildman–Crippen MR) is 326 cm³/mol.